The number of aromatic nitrogens is 2. The molecule has 0 spiro atoms. The molecule has 1 heterocycles. The predicted molar refractivity (Wildman–Crippen MR) is 62.9 cm³/mol. The summed E-state index contributed by atoms with van der Waals surface area (Å²) >= 11 is 0. The van der Waals surface area contributed by atoms with Crippen molar-refractivity contribution in [3.63, 3.8) is 0 Å². The summed E-state index contributed by atoms with van der Waals surface area (Å²) in [7, 11) is 0. The molecule has 84 valence electrons. The van der Waals surface area contributed by atoms with Gasteiger partial charge in [0.05, 0.1) is 0 Å². The van der Waals surface area contributed by atoms with E-state index in [0.29, 0.717) is 11.8 Å². The summed E-state index contributed by atoms with van der Waals surface area (Å²) in [4.78, 5) is 0. The molecule has 2 aromatic rings. The van der Waals surface area contributed by atoms with E-state index in [2.05, 4.69) is 31.0 Å². The molecule has 0 bridgehead atoms. The fourth-order valence-corrected chi connectivity index (χ4v) is 1.48. The Kier molecular flexibility index (Phi) is 2.77. The summed E-state index contributed by atoms with van der Waals surface area (Å²) in [5.41, 5.74) is 1.13. The van der Waals surface area contributed by atoms with Gasteiger partial charge in [0.2, 0.25) is 11.8 Å². The second kappa shape index (κ2) is 4.08. The molecule has 0 aliphatic rings. The van der Waals surface area contributed by atoms with Crippen LogP contribution in [0.1, 0.15) is 26.7 Å². The molecule has 2 rings (SSSR count). The molecule has 0 unspecified atom stereocenters. The molecule has 0 atom stereocenters. The Morgan fingerprint density at radius 1 is 1.06 bits per heavy atom. The van der Waals surface area contributed by atoms with Gasteiger partial charge in [0.1, 0.15) is 0 Å². The fraction of sp³-hybridized carbons (Fsp3) is 0.385. The molecule has 3 nitrogen and oxygen atoms in total. The van der Waals surface area contributed by atoms with E-state index in [1.807, 2.05) is 30.3 Å². The lowest BCUT2D eigenvalue weighted by molar-refractivity contribution is 0.357. The second-order valence-corrected chi connectivity index (χ2v) is 5.10. The zero-order valence-electron chi connectivity index (χ0n) is 9.90. The minimum Gasteiger partial charge on any atom is -0.421 e. The van der Waals surface area contributed by atoms with E-state index in [-0.39, 0.29) is 5.41 Å². The second-order valence-electron chi connectivity index (χ2n) is 5.10. The van der Waals surface area contributed by atoms with E-state index >= 15 is 0 Å². The molecule has 16 heavy (non-hydrogen) atoms. The highest BCUT2D eigenvalue weighted by molar-refractivity contribution is 5.51. The van der Waals surface area contributed by atoms with E-state index in [1.165, 1.54) is 0 Å². The molecule has 0 aliphatic carbocycles. The minimum atomic E-state index is 0.167. The summed E-state index contributed by atoms with van der Waals surface area (Å²) < 4.78 is 5.62. The van der Waals surface area contributed by atoms with Gasteiger partial charge >= 0.3 is 0 Å². The van der Waals surface area contributed by atoms with Crippen LogP contribution in [0.15, 0.2) is 34.7 Å². The Morgan fingerprint density at radius 3 is 2.38 bits per heavy atom. The topological polar surface area (TPSA) is 38.9 Å². The van der Waals surface area contributed by atoms with Gasteiger partial charge in [0.25, 0.3) is 0 Å². The van der Waals surface area contributed by atoms with Crippen molar-refractivity contribution in [3.8, 4) is 11.5 Å². The number of hydrogen-bond donors (Lipinski definition) is 0. The van der Waals surface area contributed by atoms with E-state index in [4.69, 9.17) is 4.42 Å². The van der Waals surface area contributed by atoms with Gasteiger partial charge in [-0.15, -0.1) is 10.2 Å². The summed E-state index contributed by atoms with van der Waals surface area (Å²) in [6.07, 6.45) is 0.798. The normalized spacial score (nSPS) is 11.7. The van der Waals surface area contributed by atoms with Gasteiger partial charge in [-0.3, -0.25) is 0 Å². The molecule has 0 saturated heterocycles. The van der Waals surface area contributed by atoms with Crippen molar-refractivity contribution in [1.29, 1.82) is 0 Å². The lowest BCUT2D eigenvalue weighted by Gasteiger charge is -2.14. The summed E-state index contributed by atoms with van der Waals surface area (Å²) in [6, 6.07) is 9.82. The maximum atomic E-state index is 5.62. The molecule has 0 fully saturated rings. The van der Waals surface area contributed by atoms with E-state index in [1.54, 1.807) is 0 Å². The van der Waals surface area contributed by atoms with Crippen LogP contribution >= 0.6 is 0 Å². The van der Waals surface area contributed by atoms with Gasteiger partial charge < -0.3 is 4.42 Å². The van der Waals surface area contributed by atoms with Gasteiger partial charge in [-0.1, -0.05) is 39.0 Å². The SMILES string of the molecule is CC(C)(C)Cc1nnc(-c2ccccc2)o1. The maximum absolute atomic E-state index is 5.62. The van der Waals surface area contributed by atoms with Gasteiger partial charge in [0.15, 0.2) is 0 Å². The Labute approximate surface area is 95.5 Å². The van der Waals surface area contributed by atoms with E-state index < -0.39 is 0 Å². The van der Waals surface area contributed by atoms with Crippen LogP contribution < -0.4 is 0 Å². The lowest BCUT2D eigenvalue weighted by atomic mass is 9.92. The fourth-order valence-electron chi connectivity index (χ4n) is 1.48. The van der Waals surface area contributed by atoms with Gasteiger partial charge in [-0.2, -0.15) is 0 Å². The predicted octanol–water partition coefficient (Wildman–Crippen LogP) is 3.33. The summed E-state index contributed by atoms with van der Waals surface area (Å²) in [5, 5.41) is 8.12. The first-order chi connectivity index (χ1) is 7.54. The van der Waals surface area contributed by atoms with Crippen molar-refractivity contribution in [1.82, 2.24) is 10.2 Å². The highest BCUT2D eigenvalue weighted by Crippen LogP contribution is 2.22. The highest BCUT2D eigenvalue weighted by Gasteiger charge is 2.16. The van der Waals surface area contributed by atoms with Gasteiger partial charge in [0, 0.05) is 12.0 Å². The Balaban J connectivity index is 2.21. The summed E-state index contributed by atoms with van der Waals surface area (Å²) in [5.74, 6) is 1.30. The molecular formula is C13H16N2O. The van der Waals surface area contributed by atoms with Crippen LogP contribution in [0.25, 0.3) is 11.5 Å². The van der Waals surface area contributed by atoms with Crippen molar-refractivity contribution in [2.75, 3.05) is 0 Å². The first kappa shape index (κ1) is 10.9. The number of rotatable bonds is 2. The van der Waals surface area contributed by atoms with Crippen LogP contribution in [0.3, 0.4) is 0 Å². The van der Waals surface area contributed by atoms with Crippen molar-refractivity contribution in [3.05, 3.63) is 36.2 Å². The first-order valence-electron chi connectivity index (χ1n) is 5.42. The molecule has 1 aromatic heterocycles. The van der Waals surface area contributed by atoms with E-state index in [9.17, 15) is 0 Å². The van der Waals surface area contributed by atoms with Gasteiger partial charge in [-0.25, -0.2) is 0 Å². The monoisotopic (exact) mass is 216 g/mol. The molecule has 0 saturated carbocycles. The molecule has 0 amide bonds. The average molecular weight is 216 g/mol. The molecule has 3 heteroatoms. The van der Waals surface area contributed by atoms with Crippen LogP contribution in [0.2, 0.25) is 0 Å². The number of hydrogen-bond acceptors (Lipinski definition) is 3. The van der Waals surface area contributed by atoms with Crippen molar-refractivity contribution < 1.29 is 4.42 Å². The van der Waals surface area contributed by atoms with Gasteiger partial charge in [-0.05, 0) is 17.5 Å². The zero-order chi connectivity index (χ0) is 11.6. The highest BCUT2D eigenvalue weighted by atomic mass is 16.4. The molecule has 0 aliphatic heterocycles. The lowest BCUT2D eigenvalue weighted by Crippen LogP contribution is -2.09. The molecule has 0 N–H and O–H groups in total. The van der Waals surface area contributed by atoms with Crippen LogP contribution in [0.5, 0.6) is 0 Å². The van der Waals surface area contributed by atoms with E-state index in [0.717, 1.165) is 12.0 Å². The standard InChI is InChI=1S/C13H16N2O/c1-13(2,3)9-11-14-15-12(16-11)10-7-5-4-6-8-10/h4-8H,9H2,1-3H3. The zero-order valence-corrected chi connectivity index (χ0v) is 9.90. The third kappa shape index (κ3) is 2.69. The van der Waals surface area contributed by atoms with Crippen LogP contribution in [0.4, 0.5) is 0 Å². The van der Waals surface area contributed by atoms with Crippen LogP contribution in [0, 0.1) is 5.41 Å². The Bertz CT molecular complexity index is 454. The average Bonchev–Trinajstić information content (AvgIpc) is 2.65. The first-order valence-corrected chi connectivity index (χ1v) is 5.42. The quantitative estimate of drug-likeness (QED) is 0.773. The third-order valence-electron chi connectivity index (χ3n) is 2.17. The maximum Gasteiger partial charge on any atom is 0.247 e. The number of benzene rings is 1. The summed E-state index contributed by atoms with van der Waals surface area (Å²) in [6.45, 7) is 6.46. The Hall–Kier alpha value is -1.64. The van der Waals surface area contributed by atoms with Crippen molar-refractivity contribution in [2.24, 2.45) is 5.41 Å². The van der Waals surface area contributed by atoms with Crippen LogP contribution in [-0.4, -0.2) is 10.2 Å². The minimum absolute atomic E-state index is 0.167. The van der Waals surface area contributed by atoms with Crippen molar-refractivity contribution in [2.45, 2.75) is 27.2 Å². The molecule has 1 aromatic carbocycles. The smallest absolute Gasteiger partial charge is 0.247 e. The van der Waals surface area contributed by atoms with Crippen LogP contribution in [-0.2, 0) is 6.42 Å². The largest absolute Gasteiger partial charge is 0.421 e. The Morgan fingerprint density at radius 2 is 1.75 bits per heavy atom. The van der Waals surface area contributed by atoms with Crippen molar-refractivity contribution >= 4 is 0 Å². The third-order valence-corrected chi connectivity index (χ3v) is 2.17. The molecular weight excluding hydrogens is 200 g/mol. The molecule has 0 radical (unpaired) electrons. The number of nitrogens with zero attached hydrogens (tertiary/aromatic N) is 2.